The van der Waals surface area contributed by atoms with Gasteiger partial charge in [-0.05, 0) is 6.07 Å². The molecule has 0 radical (unpaired) electrons. The molecular formula is C11H11N3O2S. The summed E-state index contributed by atoms with van der Waals surface area (Å²) >= 11 is 1.75. The molecule has 0 bridgehead atoms. The number of H-pyrrole nitrogens is 1. The molecule has 3 rings (SSSR count). The quantitative estimate of drug-likeness (QED) is 0.872. The maximum absolute atomic E-state index is 12.1. The molecule has 88 valence electrons. The van der Waals surface area contributed by atoms with Crippen molar-refractivity contribution in [1.82, 2.24) is 14.8 Å². The van der Waals surface area contributed by atoms with Crippen molar-refractivity contribution >= 4 is 11.8 Å². The van der Waals surface area contributed by atoms with E-state index in [1.165, 1.54) is 4.68 Å². The molecule has 1 N–H and O–H groups in total. The lowest BCUT2D eigenvalue weighted by atomic mass is 10.3. The van der Waals surface area contributed by atoms with Crippen LogP contribution in [0.1, 0.15) is 11.3 Å². The van der Waals surface area contributed by atoms with E-state index in [0.29, 0.717) is 11.6 Å². The lowest BCUT2D eigenvalue weighted by molar-refractivity contribution is 0.413. The van der Waals surface area contributed by atoms with Gasteiger partial charge in [-0.15, -0.1) is 0 Å². The van der Waals surface area contributed by atoms with E-state index in [4.69, 9.17) is 4.74 Å². The Kier molecular flexibility index (Phi) is 2.44. The number of hydrogen-bond acceptors (Lipinski definition) is 4. The van der Waals surface area contributed by atoms with Crippen molar-refractivity contribution in [2.45, 2.75) is 11.5 Å². The van der Waals surface area contributed by atoms with Gasteiger partial charge in [0.25, 0.3) is 5.56 Å². The standard InChI is InChI=1S/C11H11N3O2S/c1-16-7-2-3-12-10(4-7)14-11(15)8-5-17-6-9(8)13-14/h2-4,13H,5-6H2,1H3. The van der Waals surface area contributed by atoms with Crippen LogP contribution in [0.25, 0.3) is 5.82 Å². The third-order valence-electron chi connectivity index (χ3n) is 2.75. The van der Waals surface area contributed by atoms with Crippen molar-refractivity contribution in [2.75, 3.05) is 7.11 Å². The Balaban J connectivity index is 2.12. The molecule has 0 saturated heterocycles. The Morgan fingerprint density at radius 1 is 1.53 bits per heavy atom. The fraction of sp³-hybridized carbons (Fsp3) is 0.273. The number of rotatable bonds is 2. The summed E-state index contributed by atoms with van der Waals surface area (Å²) in [6.45, 7) is 0. The second-order valence-electron chi connectivity index (χ2n) is 3.76. The van der Waals surface area contributed by atoms with Crippen LogP contribution in [-0.2, 0) is 11.5 Å². The van der Waals surface area contributed by atoms with Gasteiger partial charge in [0.05, 0.1) is 18.4 Å². The van der Waals surface area contributed by atoms with E-state index in [2.05, 4.69) is 10.1 Å². The van der Waals surface area contributed by atoms with Crippen LogP contribution in [0.2, 0.25) is 0 Å². The third-order valence-corrected chi connectivity index (χ3v) is 3.73. The number of methoxy groups -OCH3 is 1. The van der Waals surface area contributed by atoms with Crippen LogP contribution in [0.15, 0.2) is 23.1 Å². The van der Waals surface area contributed by atoms with Crippen molar-refractivity contribution in [3.63, 3.8) is 0 Å². The van der Waals surface area contributed by atoms with E-state index >= 15 is 0 Å². The summed E-state index contributed by atoms with van der Waals surface area (Å²) in [6.07, 6.45) is 1.63. The van der Waals surface area contributed by atoms with Crippen LogP contribution < -0.4 is 10.3 Å². The van der Waals surface area contributed by atoms with Crippen LogP contribution in [0, 0.1) is 0 Å². The minimum atomic E-state index is -0.00856. The highest BCUT2D eigenvalue weighted by molar-refractivity contribution is 7.98. The number of aromatic amines is 1. The minimum Gasteiger partial charge on any atom is -0.497 e. The van der Waals surface area contributed by atoms with Gasteiger partial charge in [-0.3, -0.25) is 9.89 Å². The summed E-state index contributed by atoms with van der Waals surface area (Å²) in [4.78, 5) is 16.3. The Labute approximate surface area is 102 Å². The number of pyridine rings is 1. The number of nitrogens with zero attached hydrogens (tertiary/aromatic N) is 2. The van der Waals surface area contributed by atoms with Crippen LogP contribution >= 0.6 is 11.8 Å². The maximum Gasteiger partial charge on any atom is 0.276 e. The Morgan fingerprint density at radius 2 is 2.41 bits per heavy atom. The fourth-order valence-electron chi connectivity index (χ4n) is 1.85. The van der Waals surface area contributed by atoms with Gasteiger partial charge in [0, 0.05) is 23.8 Å². The summed E-state index contributed by atoms with van der Waals surface area (Å²) in [5.41, 5.74) is 1.86. The highest BCUT2D eigenvalue weighted by Gasteiger charge is 2.20. The van der Waals surface area contributed by atoms with Gasteiger partial charge in [0.15, 0.2) is 5.82 Å². The molecule has 2 aromatic heterocycles. The molecule has 0 spiro atoms. The van der Waals surface area contributed by atoms with Gasteiger partial charge in [-0.1, -0.05) is 0 Å². The molecule has 0 unspecified atom stereocenters. The molecule has 1 aliphatic rings. The summed E-state index contributed by atoms with van der Waals surface area (Å²) in [7, 11) is 1.59. The van der Waals surface area contributed by atoms with E-state index in [0.717, 1.165) is 22.8 Å². The van der Waals surface area contributed by atoms with Crippen LogP contribution in [0.5, 0.6) is 5.75 Å². The van der Waals surface area contributed by atoms with Crippen molar-refractivity contribution < 1.29 is 4.74 Å². The molecule has 1 aliphatic heterocycles. The molecule has 0 saturated carbocycles. The van der Waals surface area contributed by atoms with E-state index in [1.54, 1.807) is 37.2 Å². The predicted molar refractivity (Wildman–Crippen MR) is 65.7 cm³/mol. The molecule has 0 aromatic carbocycles. The molecule has 0 aliphatic carbocycles. The van der Waals surface area contributed by atoms with Crippen molar-refractivity contribution in [2.24, 2.45) is 0 Å². The van der Waals surface area contributed by atoms with Gasteiger partial charge in [-0.25, -0.2) is 9.67 Å². The largest absolute Gasteiger partial charge is 0.497 e. The fourth-order valence-corrected chi connectivity index (χ4v) is 2.90. The summed E-state index contributed by atoms with van der Waals surface area (Å²) in [6, 6.07) is 3.49. The molecule has 17 heavy (non-hydrogen) atoms. The molecule has 5 nitrogen and oxygen atoms in total. The normalized spacial score (nSPS) is 13.7. The third kappa shape index (κ3) is 1.64. The molecule has 0 fully saturated rings. The first-order valence-electron chi connectivity index (χ1n) is 5.20. The Morgan fingerprint density at radius 3 is 3.18 bits per heavy atom. The second-order valence-corrected chi connectivity index (χ2v) is 4.74. The topological polar surface area (TPSA) is 59.9 Å². The molecule has 0 atom stereocenters. The average molecular weight is 249 g/mol. The van der Waals surface area contributed by atoms with Gasteiger partial charge < -0.3 is 4.74 Å². The average Bonchev–Trinajstić information content (AvgIpc) is 2.93. The first-order chi connectivity index (χ1) is 8.29. The van der Waals surface area contributed by atoms with Crippen molar-refractivity contribution in [3.8, 4) is 11.6 Å². The number of nitrogens with one attached hydrogen (secondary N) is 1. The lowest BCUT2D eigenvalue weighted by Gasteiger charge is -2.03. The van der Waals surface area contributed by atoms with Gasteiger partial charge >= 0.3 is 0 Å². The smallest absolute Gasteiger partial charge is 0.276 e. The molecule has 2 aromatic rings. The monoisotopic (exact) mass is 249 g/mol. The molecular weight excluding hydrogens is 238 g/mol. The number of thioether (sulfide) groups is 1. The minimum absolute atomic E-state index is 0.00856. The van der Waals surface area contributed by atoms with E-state index in [-0.39, 0.29) is 5.56 Å². The zero-order valence-electron chi connectivity index (χ0n) is 9.27. The molecule has 6 heteroatoms. The van der Waals surface area contributed by atoms with Crippen LogP contribution in [0.4, 0.5) is 0 Å². The Bertz CT molecular complexity index is 617. The summed E-state index contributed by atoms with van der Waals surface area (Å²) < 4.78 is 6.60. The number of hydrogen-bond donors (Lipinski definition) is 1. The highest BCUT2D eigenvalue weighted by Crippen LogP contribution is 2.26. The van der Waals surface area contributed by atoms with Crippen LogP contribution in [-0.4, -0.2) is 21.9 Å². The van der Waals surface area contributed by atoms with Crippen LogP contribution in [0.3, 0.4) is 0 Å². The highest BCUT2D eigenvalue weighted by atomic mass is 32.2. The lowest BCUT2D eigenvalue weighted by Crippen LogP contribution is -2.17. The number of aromatic nitrogens is 3. The van der Waals surface area contributed by atoms with Gasteiger partial charge in [-0.2, -0.15) is 11.8 Å². The van der Waals surface area contributed by atoms with Crippen molar-refractivity contribution in [1.29, 1.82) is 0 Å². The second kappa shape index (κ2) is 3.96. The molecule has 0 amide bonds. The predicted octanol–water partition coefficient (Wildman–Crippen LogP) is 1.32. The van der Waals surface area contributed by atoms with E-state index in [1.807, 2.05) is 0 Å². The SMILES string of the molecule is COc1ccnc(-n2[nH]c3c(c2=O)CSC3)c1. The number of fused-ring (bicyclic) bond motifs is 1. The Hall–Kier alpha value is -1.69. The van der Waals surface area contributed by atoms with E-state index < -0.39 is 0 Å². The maximum atomic E-state index is 12.1. The van der Waals surface area contributed by atoms with Gasteiger partial charge in [0.2, 0.25) is 0 Å². The summed E-state index contributed by atoms with van der Waals surface area (Å²) in [5.74, 6) is 2.89. The number of ether oxygens (including phenoxy) is 1. The first-order valence-corrected chi connectivity index (χ1v) is 6.36. The molecule has 3 heterocycles. The zero-order valence-corrected chi connectivity index (χ0v) is 10.1. The zero-order chi connectivity index (χ0) is 11.8. The van der Waals surface area contributed by atoms with Gasteiger partial charge in [0.1, 0.15) is 5.75 Å². The van der Waals surface area contributed by atoms with E-state index in [9.17, 15) is 4.79 Å². The first kappa shape index (κ1) is 10.5. The summed E-state index contributed by atoms with van der Waals surface area (Å²) in [5, 5.41) is 3.09. The van der Waals surface area contributed by atoms with Crippen molar-refractivity contribution in [3.05, 3.63) is 39.9 Å².